The van der Waals surface area contributed by atoms with E-state index in [1.165, 1.54) is 17.7 Å². The summed E-state index contributed by atoms with van der Waals surface area (Å²) in [7, 11) is 0. The van der Waals surface area contributed by atoms with E-state index in [4.69, 9.17) is 0 Å². The minimum absolute atomic E-state index is 0.0374. The molecule has 1 N–H and O–H groups in total. The maximum Gasteiger partial charge on any atom is 0.263 e. The first kappa shape index (κ1) is 14.7. The van der Waals surface area contributed by atoms with E-state index in [1.807, 2.05) is 30.3 Å². The Morgan fingerprint density at radius 1 is 0.900 bits per heavy atom. The summed E-state index contributed by atoms with van der Waals surface area (Å²) in [6, 6.07) is 16.1. The molecule has 0 saturated carbocycles. The van der Waals surface area contributed by atoms with E-state index in [0.29, 0.717) is 12.0 Å². The lowest BCUT2D eigenvalue weighted by molar-refractivity contribution is 0.148. The summed E-state index contributed by atoms with van der Waals surface area (Å²) in [5.74, 6) is 0. The van der Waals surface area contributed by atoms with Crippen LogP contribution in [0.15, 0.2) is 54.6 Å². The van der Waals surface area contributed by atoms with Crippen LogP contribution in [0.3, 0.4) is 0 Å². The lowest BCUT2D eigenvalue weighted by Gasteiger charge is -2.12. The molecule has 0 spiro atoms. The van der Waals surface area contributed by atoms with Gasteiger partial charge in [0.1, 0.15) is 0 Å². The lowest BCUT2D eigenvalue weighted by Crippen LogP contribution is -1.99. The molecule has 0 fully saturated rings. The zero-order valence-electron chi connectivity index (χ0n) is 11.2. The largest absolute Gasteiger partial charge is 0.388 e. The van der Waals surface area contributed by atoms with Crippen molar-refractivity contribution in [2.75, 3.05) is 0 Å². The first-order valence-corrected chi connectivity index (χ1v) is 6.77. The van der Waals surface area contributed by atoms with Crippen molar-refractivity contribution in [3.63, 3.8) is 0 Å². The summed E-state index contributed by atoms with van der Waals surface area (Å²) >= 11 is 0. The lowest BCUT2D eigenvalue weighted by atomic mass is 10.00. The molecule has 20 heavy (non-hydrogen) atoms. The molecular weight excluding hydrogens is 258 g/mol. The predicted molar refractivity (Wildman–Crippen MR) is 75.7 cm³/mol. The van der Waals surface area contributed by atoms with Gasteiger partial charge in [0.15, 0.2) is 0 Å². The van der Waals surface area contributed by atoms with E-state index in [2.05, 4.69) is 0 Å². The molecule has 0 heterocycles. The van der Waals surface area contributed by atoms with Crippen LogP contribution in [0.1, 0.15) is 42.1 Å². The Bertz CT molecular complexity index is 526. The van der Waals surface area contributed by atoms with Gasteiger partial charge in [-0.15, -0.1) is 0 Å². The van der Waals surface area contributed by atoms with E-state index in [9.17, 15) is 13.9 Å². The second kappa shape index (κ2) is 7.15. The molecule has 0 aliphatic heterocycles. The van der Waals surface area contributed by atoms with Gasteiger partial charge in [-0.3, -0.25) is 0 Å². The van der Waals surface area contributed by atoms with Crippen LogP contribution < -0.4 is 0 Å². The second-order valence-electron chi connectivity index (χ2n) is 4.86. The van der Waals surface area contributed by atoms with Crippen molar-refractivity contribution in [2.24, 2.45) is 0 Å². The van der Waals surface area contributed by atoms with Gasteiger partial charge in [-0.05, 0) is 36.5 Å². The number of aliphatic hydroxyl groups is 1. The van der Waals surface area contributed by atoms with Crippen LogP contribution in [0.4, 0.5) is 8.78 Å². The average Bonchev–Trinajstić information content (AvgIpc) is 2.48. The fraction of sp³-hybridized carbons (Fsp3) is 0.294. The molecule has 0 aliphatic carbocycles. The van der Waals surface area contributed by atoms with E-state index in [0.717, 1.165) is 12.8 Å². The molecule has 1 unspecified atom stereocenters. The van der Waals surface area contributed by atoms with Gasteiger partial charge in [0.25, 0.3) is 6.43 Å². The predicted octanol–water partition coefficient (Wildman–Crippen LogP) is 4.68. The molecule has 0 aromatic heterocycles. The van der Waals surface area contributed by atoms with Gasteiger partial charge < -0.3 is 5.11 Å². The molecule has 3 heteroatoms. The molecule has 0 radical (unpaired) electrons. The summed E-state index contributed by atoms with van der Waals surface area (Å²) in [5, 5.41) is 10.1. The second-order valence-corrected chi connectivity index (χ2v) is 4.86. The number of benzene rings is 2. The fourth-order valence-corrected chi connectivity index (χ4v) is 2.21. The van der Waals surface area contributed by atoms with Crippen molar-refractivity contribution in [1.82, 2.24) is 0 Å². The first-order chi connectivity index (χ1) is 9.66. The summed E-state index contributed by atoms with van der Waals surface area (Å²) in [4.78, 5) is 0. The number of halogens is 2. The fourth-order valence-electron chi connectivity index (χ4n) is 2.21. The Kier molecular flexibility index (Phi) is 5.24. The van der Waals surface area contributed by atoms with Crippen molar-refractivity contribution in [2.45, 2.75) is 31.8 Å². The smallest absolute Gasteiger partial charge is 0.263 e. The third kappa shape index (κ3) is 4.14. The van der Waals surface area contributed by atoms with Gasteiger partial charge in [0.2, 0.25) is 0 Å². The maximum absolute atomic E-state index is 12.6. The number of aryl methyl sites for hydroxylation is 1. The Balaban J connectivity index is 1.88. The quantitative estimate of drug-likeness (QED) is 0.812. The number of alkyl halides is 2. The normalized spacial score (nSPS) is 12.6. The number of hydrogen-bond donors (Lipinski definition) is 1. The van der Waals surface area contributed by atoms with E-state index in [1.54, 1.807) is 12.1 Å². The van der Waals surface area contributed by atoms with Crippen LogP contribution in [-0.4, -0.2) is 5.11 Å². The maximum atomic E-state index is 12.6. The highest BCUT2D eigenvalue weighted by atomic mass is 19.3. The van der Waals surface area contributed by atoms with E-state index in [-0.39, 0.29) is 5.56 Å². The zero-order chi connectivity index (χ0) is 14.4. The minimum Gasteiger partial charge on any atom is -0.388 e. The molecule has 2 aromatic rings. The molecule has 106 valence electrons. The minimum atomic E-state index is -2.49. The molecule has 0 amide bonds. The molecule has 1 nitrogen and oxygen atoms in total. The van der Waals surface area contributed by atoms with Gasteiger partial charge in [-0.2, -0.15) is 0 Å². The zero-order valence-corrected chi connectivity index (χ0v) is 11.2. The van der Waals surface area contributed by atoms with Crippen LogP contribution in [0.5, 0.6) is 0 Å². The summed E-state index contributed by atoms with van der Waals surface area (Å²) < 4.78 is 25.2. The average molecular weight is 276 g/mol. The summed E-state index contributed by atoms with van der Waals surface area (Å²) in [6.07, 6.45) is -0.901. The van der Waals surface area contributed by atoms with Gasteiger partial charge in [-0.25, -0.2) is 8.78 Å². The van der Waals surface area contributed by atoms with Gasteiger partial charge in [0, 0.05) is 5.56 Å². The summed E-state index contributed by atoms with van der Waals surface area (Å²) in [5.41, 5.74) is 1.75. The molecule has 0 aliphatic rings. The third-order valence-electron chi connectivity index (χ3n) is 3.33. The van der Waals surface area contributed by atoms with Crippen LogP contribution in [0.25, 0.3) is 0 Å². The monoisotopic (exact) mass is 276 g/mol. The van der Waals surface area contributed by atoms with Crippen molar-refractivity contribution in [1.29, 1.82) is 0 Å². The van der Waals surface area contributed by atoms with E-state index >= 15 is 0 Å². The molecular formula is C17H18F2O. The number of hydrogen-bond acceptors (Lipinski definition) is 1. The third-order valence-corrected chi connectivity index (χ3v) is 3.33. The van der Waals surface area contributed by atoms with Crippen molar-refractivity contribution < 1.29 is 13.9 Å². The highest BCUT2D eigenvalue weighted by molar-refractivity contribution is 5.26. The molecule has 2 rings (SSSR count). The van der Waals surface area contributed by atoms with Crippen LogP contribution >= 0.6 is 0 Å². The topological polar surface area (TPSA) is 20.2 Å². The van der Waals surface area contributed by atoms with E-state index < -0.39 is 12.5 Å². The highest BCUT2D eigenvalue weighted by Crippen LogP contribution is 2.25. The van der Waals surface area contributed by atoms with Crippen molar-refractivity contribution >= 4 is 0 Å². The first-order valence-electron chi connectivity index (χ1n) is 6.77. The standard InChI is InChI=1S/C17H18F2O/c18-17(19)15-10-5-9-14(12-15)16(20)11-4-8-13-6-2-1-3-7-13/h1-3,5-7,9-10,12,16-17,20H,4,8,11H2. The Hall–Kier alpha value is -1.74. The molecule has 2 aromatic carbocycles. The summed E-state index contributed by atoms with van der Waals surface area (Å²) in [6.45, 7) is 0. The Labute approximate surface area is 117 Å². The molecule has 0 saturated heterocycles. The highest BCUT2D eigenvalue weighted by Gasteiger charge is 2.12. The van der Waals surface area contributed by atoms with Gasteiger partial charge in [0.05, 0.1) is 6.10 Å². The molecule has 1 atom stereocenters. The number of rotatable bonds is 6. The Morgan fingerprint density at radius 2 is 1.60 bits per heavy atom. The Morgan fingerprint density at radius 3 is 2.30 bits per heavy atom. The van der Waals surface area contributed by atoms with Crippen molar-refractivity contribution in [3.8, 4) is 0 Å². The van der Waals surface area contributed by atoms with Crippen LogP contribution in [-0.2, 0) is 6.42 Å². The van der Waals surface area contributed by atoms with Gasteiger partial charge >= 0.3 is 0 Å². The number of aliphatic hydroxyl groups excluding tert-OH is 1. The van der Waals surface area contributed by atoms with Gasteiger partial charge in [-0.1, -0.05) is 48.5 Å². The van der Waals surface area contributed by atoms with Crippen molar-refractivity contribution in [3.05, 3.63) is 71.3 Å². The van der Waals surface area contributed by atoms with Crippen LogP contribution in [0.2, 0.25) is 0 Å². The SMILES string of the molecule is OC(CCCc1ccccc1)c1cccc(C(F)F)c1. The molecule has 0 bridgehead atoms. The van der Waals surface area contributed by atoms with Crippen LogP contribution in [0, 0.1) is 0 Å².